The Hall–Kier alpha value is -1.88. The van der Waals surface area contributed by atoms with E-state index in [-0.39, 0.29) is 5.92 Å². The molecular formula is C15H16N2O2. The van der Waals surface area contributed by atoms with E-state index in [1.807, 2.05) is 60.7 Å². The van der Waals surface area contributed by atoms with E-state index in [4.69, 9.17) is 0 Å². The van der Waals surface area contributed by atoms with Crippen LogP contribution in [-0.4, -0.2) is 22.7 Å². The minimum absolute atomic E-state index is 0.374. The number of nitrogens with one attached hydrogen (secondary N) is 1. The normalized spacial score (nSPS) is 26.6. The smallest absolute Gasteiger partial charge is 0.151 e. The van der Waals surface area contributed by atoms with Crippen LogP contribution in [0, 0.1) is 0 Å². The summed E-state index contributed by atoms with van der Waals surface area (Å²) in [6, 6.07) is 19.0. The SMILES string of the molecule is OC1NN(c2ccccc2)C(O)C1c1ccccc1. The third-order valence-electron chi connectivity index (χ3n) is 3.42. The standard InChI is InChI=1S/C15H16N2O2/c18-14-13(11-7-3-1-4-8-11)15(19)17(16-14)12-9-5-2-6-10-12/h1-10,13-16,18-19H. The number of para-hydroxylation sites is 1. The highest BCUT2D eigenvalue weighted by Crippen LogP contribution is 2.32. The van der Waals surface area contributed by atoms with Crippen molar-refractivity contribution < 1.29 is 10.2 Å². The van der Waals surface area contributed by atoms with Gasteiger partial charge in [0, 0.05) is 0 Å². The molecule has 19 heavy (non-hydrogen) atoms. The second-order valence-corrected chi connectivity index (χ2v) is 4.63. The van der Waals surface area contributed by atoms with E-state index >= 15 is 0 Å². The molecule has 0 aromatic heterocycles. The number of rotatable bonds is 2. The predicted octanol–water partition coefficient (Wildman–Crippen LogP) is 1.43. The number of aliphatic hydroxyl groups excluding tert-OH is 2. The quantitative estimate of drug-likeness (QED) is 0.761. The Morgan fingerprint density at radius 3 is 2.05 bits per heavy atom. The Bertz CT molecular complexity index is 532. The van der Waals surface area contributed by atoms with Gasteiger partial charge in [-0.25, -0.2) is 5.43 Å². The van der Waals surface area contributed by atoms with Crippen molar-refractivity contribution in [2.45, 2.75) is 18.4 Å². The largest absolute Gasteiger partial charge is 0.376 e. The summed E-state index contributed by atoms with van der Waals surface area (Å²) < 4.78 is 0. The summed E-state index contributed by atoms with van der Waals surface area (Å²) in [6.07, 6.45) is -1.61. The van der Waals surface area contributed by atoms with Crippen molar-refractivity contribution in [2.24, 2.45) is 0 Å². The molecule has 3 N–H and O–H groups in total. The topological polar surface area (TPSA) is 55.7 Å². The Morgan fingerprint density at radius 2 is 1.42 bits per heavy atom. The fraction of sp³-hybridized carbons (Fsp3) is 0.200. The van der Waals surface area contributed by atoms with Gasteiger partial charge in [0.2, 0.25) is 0 Å². The lowest BCUT2D eigenvalue weighted by molar-refractivity contribution is 0.102. The van der Waals surface area contributed by atoms with Crippen LogP contribution in [0.15, 0.2) is 60.7 Å². The first kappa shape index (κ1) is 12.2. The number of benzene rings is 2. The van der Waals surface area contributed by atoms with Crippen molar-refractivity contribution in [2.75, 3.05) is 5.01 Å². The van der Waals surface area contributed by atoms with E-state index in [0.29, 0.717) is 0 Å². The molecule has 0 bridgehead atoms. The molecule has 0 radical (unpaired) electrons. The lowest BCUT2D eigenvalue weighted by Crippen LogP contribution is -2.39. The molecule has 3 unspecified atom stereocenters. The van der Waals surface area contributed by atoms with Gasteiger partial charge >= 0.3 is 0 Å². The molecule has 3 rings (SSSR count). The molecule has 0 spiro atoms. The van der Waals surface area contributed by atoms with Crippen LogP contribution in [0.3, 0.4) is 0 Å². The molecule has 98 valence electrons. The Morgan fingerprint density at radius 1 is 0.842 bits per heavy atom. The van der Waals surface area contributed by atoms with Gasteiger partial charge in [-0.1, -0.05) is 48.5 Å². The van der Waals surface area contributed by atoms with Gasteiger partial charge in [0.05, 0.1) is 11.6 Å². The number of hydrogen-bond acceptors (Lipinski definition) is 4. The maximum Gasteiger partial charge on any atom is 0.151 e. The Kier molecular flexibility index (Phi) is 3.21. The first-order valence-electron chi connectivity index (χ1n) is 6.29. The van der Waals surface area contributed by atoms with Gasteiger partial charge in [-0.3, -0.25) is 5.01 Å². The monoisotopic (exact) mass is 256 g/mol. The molecule has 1 heterocycles. The summed E-state index contributed by atoms with van der Waals surface area (Å²) >= 11 is 0. The zero-order chi connectivity index (χ0) is 13.2. The van der Waals surface area contributed by atoms with E-state index in [0.717, 1.165) is 11.3 Å². The van der Waals surface area contributed by atoms with Crippen LogP contribution >= 0.6 is 0 Å². The molecular weight excluding hydrogens is 240 g/mol. The summed E-state index contributed by atoms with van der Waals surface area (Å²) in [7, 11) is 0. The number of anilines is 1. The summed E-state index contributed by atoms with van der Waals surface area (Å²) in [5.74, 6) is -0.374. The average Bonchev–Trinajstić information content (AvgIpc) is 2.76. The van der Waals surface area contributed by atoms with Crippen molar-refractivity contribution in [1.82, 2.24) is 5.43 Å². The molecule has 3 atom stereocenters. The number of hydrogen-bond donors (Lipinski definition) is 3. The molecule has 4 nitrogen and oxygen atoms in total. The lowest BCUT2D eigenvalue weighted by Gasteiger charge is -2.23. The van der Waals surface area contributed by atoms with Gasteiger partial charge in [0.1, 0.15) is 6.23 Å². The maximum atomic E-state index is 10.4. The van der Waals surface area contributed by atoms with E-state index in [2.05, 4.69) is 5.43 Å². The van der Waals surface area contributed by atoms with E-state index in [9.17, 15) is 10.2 Å². The fourth-order valence-corrected chi connectivity index (χ4v) is 2.47. The number of hydrazine groups is 1. The third-order valence-corrected chi connectivity index (χ3v) is 3.42. The minimum Gasteiger partial charge on any atom is -0.376 e. The van der Waals surface area contributed by atoms with Crippen molar-refractivity contribution in [3.8, 4) is 0 Å². The van der Waals surface area contributed by atoms with Crippen LogP contribution in [0.5, 0.6) is 0 Å². The molecule has 1 aliphatic rings. The van der Waals surface area contributed by atoms with Crippen molar-refractivity contribution in [1.29, 1.82) is 0 Å². The predicted molar refractivity (Wildman–Crippen MR) is 73.3 cm³/mol. The molecule has 2 aromatic rings. The van der Waals surface area contributed by atoms with Crippen LogP contribution in [0.1, 0.15) is 11.5 Å². The number of nitrogens with zero attached hydrogens (tertiary/aromatic N) is 1. The molecule has 1 aliphatic heterocycles. The molecule has 4 heteroatoms. The molecule has 0 saturated carbocycles. The highest BCUT2D eigenvalue weighted by molar-refractivity contribution is 5.47. The summed E-state index contributed by atoms with van der Waals surface area (Å²) in [5.41, 5.74) is 4.64. The number of aliphatic hydroxyl groups is 2. The molecule has 0 amide bonds. The van der Waals surface area contributed by atoms with Crippen molar-refractivity contribution in [3.05, 3.63) is 66.2 Å². The van der Waals surface area contributed by atoms with Crippen LogP contribution in [0.2, 0.25) is 0 Å². The summed E-state index contributed by atoms with van der Waals surface area (Å²) in [6.45, 7) is 0. The third kappa shape index (κ3) is 2.21. The van der Waals surface area contributed by atoms with Crippen LogP contribution in [0.25, 0.3) is 0 Å². The highest BCUT2D eigenvalue weighted by atomic mass is 16.3. The zero-order valence-corrected chi connectivity index (χ0v) is 10.3. The van der Waals surface area contributed by atoms with Crippen LogP contribution < -0.4 is 10.4 Å². The Labute approximate surface area is 111 Å². The zero-order valence-electron chi connectivity index (χ0n) is 10.3. The molecule has 0 aliphatic carbocycles. The maximum absolute atomic E-state index is 10.4. The minimum atomic E-state index is -0.808. The van der Waals surface area contributed by atoms with Gasteiger partial charge in [-0.05, 0) is 17.7 Å². The second-order valence-electron chi connectivity index (χ2n) is 4.63. The molecule has 1 saturated heterocycles. The van der Waals surface area contributed by atoms with Gasteiger partial charge < -0.3 is 10.2 Å². The Balaban J connectivity index is 1.90. The van der Waals surface area contributed by atoms with E-state index in [1.165, 1.54) is 0 Å². The summed E-state index contributed by atoms with van der Waals surface area (Å²) in [5, 5.41) is 22.2. The summed E-state index contributed by atoms with van der Waals surface area (Å²) in [4.78, 5) is 0. The molecule has 1 fully saturated rings. The van der Waals surface area contributed by atoms with Crippen molar-refractivity contribution in [3.63, 3.8) is 0 Å². The van der Waals surface area contributed by atoms with Crippen LogP contribution in [-0.2, 0) is 0 Å². The first-order chi connectivity index (χ1) is 9.27. The van der Waals surface area contributed by atoms with Crippen molar-refractivity contribution >= 4 is 5.69 Å². The van der Waals surface area contributed by atoms with Crippen LogP contribution in [0.4, 0.5) is 5.69 Å². The van der Waals surface area contributed by atoms with Gasteiger partial charge in [-0.15, -0.1) is 0 Å². The second kappa shape index (κ2) is 5.01. The highest BCUT2D eigenvalue weighted by Gasteiger charge is 2.40. The molecule has 2 aromatic carbocycles. The van der Waals surface area contributed by atoms with E-state index < -0.39 is 12.5 Å². The van der Waals surface area contributed by atoms with Gasteiger partial charge in [-0.2, -0.15) is 0 Å². The first-order valence-corrected chi connectivity index (χ1v) is 6.29. The van der Waals surface area contributed by atoms with Gasteiger partial charge in [0.25, 0.3) is 0 Å². The average molecular weight is 256 g/mol. The van der Waals surface area contributed by atoms with E-state index in [1.54, 1.807) is 5.01 Å². The van der Waals surface area contributed by atoms with Gasteiger partial charge in [0.15, 0.2) is 6.23 Å². The lowest BCUT2D eigenvalue weighted by atomic mass is 9.97. The fourth-order valence-electron chi connectivity index (χ4n) is 2.47.